The van der Waals surface area contributed by atoms with E-state index in [1.165, 1.54) is 11.8 Å². The Morgan fingerprint density at radius 3 is 2.42 bits per heavy atom. The number of nitrogens with one attached hydrogen (secondary N) is 1. The van der Waals surface area contributed by atoms with Crippen molar-refractivity contribution in [3.05, 3.63) is 75.9 Å². The Morgan fingerprint density at radius 1 is 1.00 bits per heavy atom. The van der Waals surface area contributed by atoms with Gasteiger partial charge in [-0.05, 0) is 48.2 Å². The summed E-state index contributed by atoms with van der Waals surface area (Å²) in [6, 6.07) is 17.5. The molecule has 0 bridgehead atoms. The lowest BCUT2D eigenvalue weighted by Gasteiger charge is -2.36. The number of hydrogen-bond acceptors (Lipinski definition) is 6. The van der Waals surface area contributed by atoms with Crippen LogP contribution in [-0.2, 0) is 5.75 Å². The fourth-order valence-electron chi connectivity index (χ4n) is 3.96. The van der Waals surface area contributed by atoms with Crippen molar-refractivity contribution in [2.45, 2.75) is 31.2 Å². The van der Waals surface area contributed by atoms with Crippen molar-refractivity contribution in [1.82, 2.24) is 15.3 Å². The highest BCUT2D eigenvalue weighted by Crippen LogP contribution is 2.27. The molecule has 0 radical (unpaired) electrons. The number of piperazine rings is 1. The Kier molecular flexibility index (Phi) is 9.35. The lowest BCUT2D eigenvalue weighted by atomic mass is 10.1. The number of rotatable bonds is 9. The molecule has 3 aromatic rings. The van der Waals surface area contributed by atoms with Crippen molar-refractivity contribution < 1.29 is 4.79 Å². The molecule has 0 spiro atoms. The van der Waals surface area contributed by atoms with Gasteiger partial charge in [0.05, 0.1) is 0 Å². The van der Waals surface area contributed by atoms with Gasteiger partial charge in [-0.25, -0.2) is 9.97 Å². The molecule has 9 heteroatoms. The summed E-state index contributed by atoms with van der Waals surface area (Å²) in [5, 5.41) is 4.80. The van der Waals surface area contributed by atoms with E-state index in [-0.39, 0.29) is 5.91 Å². The molecular formula is C27H31Cl2N5OS. The quantitative estimate of drug-likeness (QED) is 0.197. The van der Waals surface area contributed by atoms with Gasteiger partial charge >= 0.3 is 0 Å². The van der Waals surface area contributed by atoms with Crippen LogP contribution < -0.4 is 15.1 Å². The fourth-order valence-corrected chi connectivity index (χ4v) is 5.18. The van der Waals surface area contributed by atoms with Crippen LogP contribution in [-0.4, -0.2) is 48.6 Å². The number of benzene rings is 2. The highest BCUT2D eigenvalue weighted by Gasteiger charge is 2.20. The number of thioether (sulfide) groups is 1. The summed E-state index contributed by atoms with van der Waals surface area (Å²) in [4.78, 5) is 26.0. The molecule has 1 saturated heterocycles. The van der Waals surface area contributed by atoms with Gasteiger partial charge in [0.25, 0.3) is 5.91 Å². The first-order chi connectivity index (χ1) is 17.4. The second-order valence-corrected chi connectivity index (χ2v) is 11.0. The summed E-state index contributed by atoms with van der Waals surface area (Å²) in [6.07, 6.45) is 0.972. The predicted molar refractivity (Wildman–Crippen MR) is 151 cm³/mol. The molecule has 1 aromatic heterocycles. The Morgan fingerprint density at radius 2 is 1.72 bits per heavy atom. The van der Waals surface area contributed by atoms with Crippen molar-refractivity contribution in [2.24, 2.45) is 5.92 Å². The van der Waals surface area contributed by atoms with E-state index in [0.29, 0.717) is 34.1 Å². The van der Waals surface area contributed by atoms with Crippen molar-refractivity contribution in [2.75, 3.05) is 42.5 Å². The molecule has 0 unspecified atom stereocenters. The minimum atomic E-state index is -0.0341. The zero-order chi connectivity index (χ0) is 25.5. The topological polar surface area (TPSA) is 61.4 Å². The van der Waals surface area contributed by atoms with Gasteiger partial charge < -0.3 is 15.1 Å². The zero-order valence-electron chi connectivity index (χ0n) is 20.6. The number of nitrogens with zero attached hydrogens (tertiary/aromatic N) is 4. The molecule has 1 aliphatic heterocycles. The lowest BCUT2D eigenvalue weighted by molar-refractivity contribution is 0.0952. The number of anilines is 2. The maximum absolute atomic E-state index is 12.3. The van der Waals surface area contributed by atoms with Crippen LogP contribution in [0.1, 0.15) is 36.2 Å². The number of amides is 1. The van der Waals surface area contributed by atoms with E-state index in [9.17, 15) is 4.79 Å². The summed E-state index contributed by atoms with van der Waals surface area (Å²) in [5.74, 6) is 2.07. The molecule has 1 N–H and O–H groups in total. The smallest absolute Gasteiger partial charge is 0.251 e. The number of aromatic nitrogens is 2. The number of hydrogen-bond donors (Lipinski definition) is 1. The molecule has 190 valence electrons. The van der Waals surface area contributed by atoms with Gasteiger partial charge in [-0.2, -0.15) is 0 Å². The van der Waals surface area contributed by atoms with Crippen LogP contribution in [0.4, 0.5) is 11.5 Å². The van der Waals surface area contributed by atoms with Crippen LogP contribution >= 0.6 is 35.0 Å². The van der Waals surface area contributed by atoms with Crippen LogP contribution in [0.3, 0.4) is 0 Å². The van der Waals surface area contributed by atoms with E-state index in [2.05, 4.69) is 40.0 Å². The number of carbonyl (C=O) groups excluding carboxylic acids is 1. The summed E-state index contributed by atoms with van der Waals surface area (Å²) in [7, 11) is 0. The van der Waals surface area contributed by atoms with Crippen molar-refractivity contribution in [3.8, 4) is 0 Å². The third-order valence-corrected chi connectivity index (χ3v) is 7.38. The molecule has 6 nitrogen and oxygen atoms in total. The van der Waals surface area contributed by atoms with Crippen molar-refractivity contribution in [3.63, 3.8) is 0 Å². The Bertz CT molecular complexity index is 1170. The third-order valence-electron chi connectivity index (χ3n) is 6.03. The second-order valence-electron chi connectivity index (χ2n) is 9.21. The van der Waals surface area contributed by atoms with Gasteiger partial charge in [0.1, 0.15) is 11.0 Å². The molecule has 4 rings (SSSR count). The van der Waals surface area contributed by atoms with Gasteiger partial charge in [-0.3, -0.25) is 4.79 Å². The maximum atomic E-state index is 12.3. The SMILES string of the molecule is CC(C)CCNC(=O)c1ccc(CSc2nc(Cl)cc(N3CCN(c4cccc(Cl)c4)CC3)n2)cc1. The van der Waals surface area contributed by atoms with Gasteiger partial charge in [0.15, 0.2) is 5.16 Å². The van der Waals surface area contributed by atoms with Crippen LogP contribution in [0.15, 0.2) is 59.8 Å². The Balaban J connectivity index is 1.31. The molecule has 1 aliphatic rings. The largest absolute Gasteiger partial charge is 0.368 e. The zero-order valence-corrected chi connectivity index (χ0v) is 22.9. The molecule has 36 heavy (non-hydrogen) atoms. The monoisotopic (exact) mass is 543 g/mol. The van der Waals surface area contributed by atoms with Crippen molar-refractivity contribution >= 4 is 52.4 Å². The summed E-state index contributed by atoms with van der Waals surface area (Å²) in [5.41, 5.74) is 2.91. The molecule has 0 saturated carbocycles. The minimum Gasteiger partial charge on any atom is -0.368 e. The first-order valence-electron chi connectivity index (χ1n) is 12.2. The van der Waals surface area contributed by atoms with E-state index in [1.54, 1.807) is 0 Å². The van der Waals surface area contributed by atoms with Gasteiger partial charge in [-0.15, -0.1) is 0 Å². The van der Waals surface area contributed by atoms with Gasteiger partial charge in [-0.1, -0.05) is 67.0 Å². The van der Waals surface area contributed by atoms with Crippen LogP contribution in [0.5, 0.6) is 0 Å². The van der Waals surface area contributed by atoms with E-state index in [4.69, 9.17) is 28.2 Å². The average Bonchev–Trinajstić information content (AvgIpc) is 2.87. The Labute approximate surface area is 227 Å². The highest BCUT2D eigenvalue weighted by atomic mass is 35.5. The molecule has 1 amide bonds. The Hall–Kier alpha value is -2.48. The van der Waals surface area contributed by atoms with Gasteiger partial charge in [0, 0.05) is 60.8 Å². The van der Waals surface area contributed by atoms with Crippen LogP contribution in [0.25, 0.3) is 0 Å². The lowest BCUT2D eigenvalue weighted by Crippen LogP contribution is -2.46. The summed E-state index contributed by atoms with van der Waals surface area (Å²) in [6.45, 7) is 8.42. The van der Waals surface area contributed by atoms with Crippen LogP contribution in [0.2, 0.25) is 10.2 Å². The molecular weight excluding hydrogens is 513 g/mol. The average molecular weight is 545 g/mol. The molecule has 2 aromatic carbocycles. The third kappa shape index (κ3) is 7.51. The number of carbonyl (C=O) groups is 1. The first kappa shape index (κ1) is 26.6. The standard InChI is InChI=1S/C27H31Cl2N5OS/c1-19(2)10-11-30-26(35)21-8-6-20(7-9-21)18-36-27-31-24(29)17-25(32-27)34-14-12-33(13-15-34)23-5-3-4-22(28)16-23/h3-9,16-17,19H,10-15,18H2,1-2H3,(H,30,35). The van der Waals surface area contributed by atoms with Crippen LogP contribution in [0, 0.1) is 5.92 Å². The normalized spacial score (nSPS) is 13.8. The number of halogens is 2. The predicted octanol–water partition coefficient (Wildman–Crippen LogP) is 6.18. The molecule has 0 aliphatic carbocycles. The maximum Gasteiger partial charge on any atom is 0.251 e. The van der Waals surface area contributed by atoms with E-state index >= 15 is 0 Å². The van der Waals surface area contributed by atoms with Gasteiger partial charge in [0.2, 0.25) is 0 Å². The second kappa shape index (κ2) is 12.7. The first-order valence-corrected chi connectivity index (χ1v) is 13.9. The van der Waals surface area contributed by atoms with E-state index in [1.807, 2.05) is 48.5 Å². The molecule has 2 heterocycles. The highest BCUT2D eigenvalue weighted by molar-refractivity contribution is 7.98. The van der Waals surface area contributed by atoms with E-state index < -0.39 is 0 Å². The minimum absolute atomic E-state index is 0.0341. The molecule has 1 fully saturated rings. The van der Waals surface area contributed by atoms with E-state index in [0.717, 1.165) is 54.7 Å². The summed E-state index contributed by atoms with van der Waals surface area (Å²) >= 11 is 14.0. The fraction of sp³-hybridized carbons (Fsp3) is 0.370. The summed E-state index contributed by atoms with van der Waals surface area (Å²) < 4.78 is 0. The van der Waals surface area contributed by atoms with Crippen molar-refractivity contribution in [1.29, 1.82) is 0 Å². The molecule has 0 atom stereocenters.